The molecule has 0 aliphatic carbocycles. The highest BCUT2D eigenvalue weighted by Crippen LogP contribution is 2.34. The van der Waals surface area contributed by atoms with Crippen LogP contribution >= 0.6 is 11.3 Å². The fourth-order valence-corrected chi connectivity index (χ4v) is 4.23. The number of amides is 1. The molecule has 1 N–H and O–H groups in total. The van der Waals surface area contributed by atoms with Crippen LogP contribution in [0.5, 0.6) is 5.75 Å². The first-order chi connectivity index (χ1) is 11.2. The molecule has 3 aromatic rings. The molecule has 1 aliphatic heterocycles. The summed E-state index contributed by atoms with van der Waals surface area (Å²) in [6, 6.07) is 5.96. The van der Waals surface area contributed by atoms with Gasteiger partial charge in [-0.1, -0.05) is 0 Å². The number of rotatable bonds is 2. The van der Waals surface area contributed by atoms with Crippen molar-refractivity contribution >= 4 is 27.3 Å². The molecule has 0 fully saturated rings. The summed E-state index contributed by atoms with van der Waals surface area (Å²) in [5.74, 6) is 0.924. The number of aromatic nitrogens is 2. The molecule has 118 valence electrons. The first kappa shape index (κ1) is 14.3. The van der Waals surface area contributed by atoms with Crippen molar-refractivity contribution in [1.29, 1.82) is 0 Å². The second kappa shape index (κ2) is 5.38. The predicted molar refractivity (Wildman–Crippen MR) is 90.1 cm³/mol. The Morgan fingerprint density at radius 2 is 2.30 bits per heavy atom. The average molecular weight is 327 g/mol. The van der Waals surface area contributed by atoms with Gasteiger partial charge in [0.1, 0.15) is 5.75 Å². The van der Waals surface area contributed by atoms with Crippen molar-refractivity contribution in [3.63, 3.8) is 0 Å². The lowest BCUT2D eigenvalue weighted by atomic mass is 10.1. The first-order valence-corrected chi connectivity index (χ1v) is 8.36. The highest BCUT2D eigenvalue weighted by molar-refractivity contribution is 7.21. The molecule has 6 heteroatoms. The summed E-state index contributed by atoms with van der Waals surface area (Å²) in [7, 11) is 1.66. The van der Waals surface area contributed by atoms with E-state index in [4.69, 9.17) is 4.74 Å². The Labute approximate surface area is 137 Å². The van der Waals surface area contributed by atoms with E-state index in [-0.39, 0.29) is 5.91 Å². The van der Waals surface area contributed by atoms with Crippen molar-refractivity contribution < 1.29 is 9.53 Å². The third-order valence-electron chi connectivity index (χ3n) is 4.43. The van der Waals surface area contributed by atoms with E-state index in [2.05, 4.69) is 10.2 Å². The Balaban J connectivity index is 1.69. The van der Waals surface area contributed by atoms with Crippen LogP contribution in [-0.4, -0.2) is 34.7 Å². The summed E-state index contributed by atoms with van der Waals surface area (Å²) in [6.07, 6.45) is 2.65. The number of ether oxygens (including phenoxy) is 1. The number of thiophene rings is 1. The Morgan fingerprint density at radius 3 is 3.13 bits per heavy atom. The predicted octanol–water partition coefficient (Wildman–Crippen LogP) is 3.14. The Hall–Kier alpha value is -2.34. The minimum atomic E-state index is 0.106. The van der Waals surface area contributed by atoms with Gasteiger partial charge in [0.25, 0.3) is 5.91 Å². The highest BCUT2D eigenvalue weighted by atomic mass is 32.1. The van der Waals surface area contributed by atoms with Crippen molar-refractivity contribution in [3.8, 4) is 5.75 Å². The van der Waals surface area contributed by atoms with Gasteiger partial charge in [0.05, 0.1) is 18.2 Å². The van der Waals surface area contributed by atoms with Gasteiger partial charge in [0, 0.05) is 35.5 Å². The van der Waals surface area contributed by atoms with Gasteiger partial charge >= 0.3 is 0 Å². The number of aryl methyl sites for hydroxylation is 1. The standard InChI is InChI=1S/C17H17N3O2S/c1-10-13-7-12(22-2)3-4-15(13)23-16(10)17(21)20-6-5-14-11(9-20)8-18-19-14/h3-4,7-8H,5-6,9H2,1-2H3,(H,18,19). The van der Waals surface area contributed by atoms with E-state index in [0.717, 1.165) is 50.5 Å². The van der Waals surface area contributed by atoms with Crippen LogP contribution in [0.4, 0.5) is 0 Å². The number of nitrogens with zero attached hydrogens (tertiary/aromatic N) is 2. The number of hydrogen-bond acceptors (Lipinski definition) is 4. The minimum Gasteiger partial charge on any atom is -0.497 e. The topological polar surface area (TPSA) is 58.2 Å². The van der Waals surface area contributed by atoms with Crippen molar-refractivity contribution in [2.24, 2.45) is 0 Å². The van der Waals surface area contributed by atoms with Crippen molar-refractivity contribution in [1.82, 2.24) is 15.1 Å². The molecule has 0 saturated carbocycles. The largest absolute Gasteiger partial charge is 0.497 e. The van der Waals surface area contributed by atoms with E-state index in [1.54, 1.807) is 18.4 Å². The molecule has 0 unspecified atom stereocenters. The zero-order valence-electron chi connectivity index (χ0n) is 13.0. The van der Waals surface area contributed by atoms with E-state index in [0.29, 0.717) is 6.54 Å². The van der Waals surface area contributed by atoms with E-state index in [1.807, 2.05) is 36.2 Å². The molecule has 1 aliphatic rings. The number of aromatic amines is 1. The van der Waals surface area contributed by atoms with Crippen LogP contribution in [0.3, 0.4) is 0 Å². The van der Waals surface area contributed by atoms with Gasteiger partial charge in [-0.2, -0.15) is 5.10 Å². The van der Waals surface area contributed by atoms with Crippen LogP contribution < -0.4 is 4.74 Å². The molecule has 3 heterocycles. The summed E-state index contributed by atoms with van der Waals surface area (Å²) < 4.78 is 6.41. The smallest absolute Gasteiger partial charge is 0.264 e. The van der Waals surface area contributed by atoms with Crippen LogP contribution in [0, 0.1) is 6.92 Å². The van der Waals surface area contributed by atoms with Crippen LogP contribution in [0.25, 0.3) is 10.1 Å². The van der Waals surface area contributed by atoms with Gasteiger partial charge in [-0.3, -0.25) is 9.89 Å². The van der Waals surface area contributed by atoms with Gasteiger partial charge in [-0.25, -0.2) is 0 Å². The molecule has 0 saturated heterocycles. The van der Waals surface area contributed by atoms with Gasteiger partial charge in [-0.05, 0) is 36.1 Å². The number of nitrogens with one attached hydrogen (secondary N) is 1. The van der Waals surface area contributed by atoms with Crippen LogP contribution in [0.1, 0.15) is 26.5 Å². The number of carbonyl (C=O) groups excluding carboxylic acids is 1. The number of benzene rings is 1. The van der Waals surface area contributed by atoms with Crippen molar-refractivity contribution in [2.75, 3.05) is 13.7 Å². The number of methoxy groups -OCH3 is 1. The summed E-state index contributed by atoms with van der Waals surface area (Å²) in [5, 5.41) is 8.17. The van der Waals surface area contributed by atoms with E-state index >= 15 is 0 Å². The lowest BCUT2D eigenvalue weighted by molar-refractivity contribution is 0.0738. The molecule has 23 heavy (non-hydrogen) atoms. The van der Waals surface area contributed by atoms with Crippen LogP contribution in [0.15, 0.2) is 24.4 Å². The number of carbonyl (C=O) groups is 1. The molecule has 0 spiro atoms. The molecule has 0 radical (unpaired) electrons. The molecule has 4 rings (SSSR count). The second-order valence-corrected chi connectivity index (χ2v) is 6.82. The van der Waals surface area contributed by atoms with Crippen LogP contribution in [0.2, 0.25) is 0 Å². The Morgan fingerprint density at radius 1 is 1.43 bits per heavy atom. The summed E-state index contributed by atoms with van der Waals surface area (Å²) in [5.41, 5.74) is 3.30. The monoisotopic (exact) mass is 327 g/mol. The van der Waals surface area contributed by atoms with Crippen molar-refractivity contribution in [3.05, 3.63) is 46.1 Å². The zero-order chi connectivity index (χ0) is 16.0. The third kappa shape index (κ3) is 2.30. The molecule has 1 amide bonds. The van der Waals surface area contributed by atoms with Gasteiger partial charge in [-0.15, -0.1) is 11.3 Å². The van der Waals surface area contributed by atoms with Gasteiger partial charge < -0.3 is 9.64 Å². The average Bonchev–Trinajstić information content (AvgIpc) is 3.18. The molecule has 0 atom stereocenters. The summed E-state index contributed by atoms with van der Waals surface area (Å²) >= 11 is 1.56. The molecule has 0 bridgehead atoms. The van der Waals surface area contributed by atoms with Crippen LogP contribution in [-0.2, 0) is 13.0 Å². The van der Waals surface area contributed by atoms with Crippen molar-refractivity contribution in [2.45, 2.75) is 19.9 Å². The zero-order valence-corrected chi connectivity index (χ0v) is 13.9. The quantitative estimate of drug-likeness (QED) is 0.786. The van der Waals surface area contributed by atoms with Gasteiger partial charge in [0.15, 0.2) is 0 Å². The normalized spacial score (nSPS) is 14.1. The lowest BCUT2D eigenvalue weighted by Gasteiger charge is -2.26. The maximum atomic E-state index is 13.0. The first-order valence-electron chi connectivity index (χ1n) is 7.55. The fraction of sp³-hybridized carbons (Fsp3) is 0.294. The molecule has 2 aromatic heterocycles. The Bertz CT molecular complexity index is 897. The molecular weight excluding hydrogens is 310 g/mol. The lowest BCUT2D eigenvalue weighted by Crippen LogP contribution is -2.35. The summed E-state index contributed by atoms with van der Waals surface area (Å²) in [4.78, 5) is 15.7. The maximum Gasteiger partial charge on any atom is 0.264 e. The minimum absolute atomic E-state index is 0.106. The number of hydrogen-bond donors (Lipinski definition) is 1. The SMILES string of the molecule is COc1ccc2sc(C(=O)N3CCc4[nH]ncc4C3)c(C)c2c1. The van der Waals surface area contributed by atoms with E-state index in [9.17, 15) is 4.79 Å². The molecule has 1 aromatic carbocycles. The number of H-pyrrole nitrogens is 1. The summed E-state index contributed by atoms with van der Waals surface area (Å²) in [6.45, 7) is 3.37. The number of fused-ring (bicyclic) bond motifs is 2. The molecule has 5 nitrogen and oxygen atoms in total. The Kier molecular flexibility index (Phi) is 3.34. The second-order valence-electron chi connectivity index (χ2n) is 5.77. The highest BCUT2D eigenvalue weighted by Gasteiger charge is 2.26. The third-order valence-corrected chi connectivity index (χ3v) is 5.69. The van der Waals surface area contributed by atoms with Gasteiger partial charge in [0.2, 0.25) is 0 Å². The maximum absolute atomic E-state index is 13.0. The van der Waals surface area contributed by atoms with E-state index < -0.39 is 0 Å². The fourth-order valence-electron chi connectivity index (χ4n) is 3.07. The molecular formula is C17H17N3O2S. The van der Waals surface area contributed by atoms with E-state index in [1.165, 1.54) is 0 Å².